The number of aliphatic hydroxyl groups excluding tert-OH is 1. The van der Waals surface area contributed by atoms with E-state index in [1.54, 1.807) is 0 Å². The summed E-state index contributed by atoms with van der Waals surface area (Å²) in [5.41, 5.74) is 0. The van der Waals surface area contributed by atoms with Gasteiger partial charge in [0.2, 0.25) is 0 Å². The first kappa shape index (κ1) is 17.5. The number of rotatable bonds is 8. The molecule has 0 saturated carbocycles. The molecule has 0 aromatic rings. The predicted octanol–water partition coefficient (Wildman–Crippen LogP) is 1.43. The quantitative estimate of drug-likeness (QED) is 0.508. The smallest absolute Gasteiger partial charge is 1.00 e. The van der Waals surface area contributed by atoms with Crippen molar-refractivity contribution in [3.63, 3.8) is 0 Å². The molecule has 2 atom stereocenters. The van der Waals surface area contributed by atoms with Crippen LogP contribution in [0.1, 0.15) is 36.5 Å². The first-order valence-electron chi connectivity index (χ1n) is 5.04. The van der Waals surface area contributed by atoms with Gasteiger partial charge in [-0.25, -0.2) is 0 Å². The van der Waals surface area contributed by atoms with E-state index < -0.39 is 0 Å². The SMILES string of the molecule is CCCCOC(C)COC(C)CO.[Ca+2].[H-].[H-]. The molecule has 3 nitrogen and oxygen atoms in total. The largest absolute Gasteiger partial charge is 2.00 e. The summed E-state index contributed by atoms with van der Waals surface area (Å²) >= 11 is 0. The van der Waals surface area contributed by atoms with Crippen molar-refractivity contribution in [2.24, 2.45) is 0 Å². The van der Waals surface area contributed by atoms with Crippen LogP contribution in [0.3, 0.4) is 0 Å². The van der Waals surface area contributed by atoms with E-state index in [0.717, 1.165) is 19.4 Å². The molecular weight excluding hydrogens is 208 g/mol. The van der Waals surface area contributed by atoms with Crippen molar-refractivity contribution >= 4 is 37.7 Å². The van der Waals surface area contributed by atoms with Crippen molar-refractivity contribution < 1.29 is 17.4 Å². The van der Waals surface area contributed by atoms with E-state index in [0.29, 0.717) is 6.61 Å². The predicted molar refractivity (Wildman–Crippen MR) is 60.8 cm³/mol. The van der Waals surface area contributed by atoms with Crippen molar-refractivity contribution in [3.05, 3.63) is 0 Å². The molecule has 84 valence electrons. The molecule has 0 aromatic heterocycles. The van der Waals surface area contributed by atoms with E-state index in [2.05, 4.69) is 6.92 Å². The molecule has 0 bridgehead atoms. The molecule has 0 saturated heterocycles. The van der Waals surface area contributed by atoms with Crippen LogP contribution in [0.4, 0.5) is 0 Å². The van der Waals surface area contributed by atoms with Gasteiger partial charge in [-0.15, -0.1) is 0 Å². The van der Waals surface area contributed by atoms with E-state index in [1.165, 1.54) is 0 Å². The maximum absolute atomic E-state index is 8.70. The van der Waals surface area contributed by atoms with Crippen molar-refractivity contribution in [2.45, 2.75) is 45.8 Å². The van der Waals surface area contributed by atoms with Crippen LogP contribution >= 0.6 is 0 Å². The zero-order valence-electron chi connectivity index (χ0n) is 11.7. The van der Waals surface area contributed by atoms with E-state index in [4.69, 9.17) is 14.6 Å². The van der Waals surface area contributed by atoms with E-state index in [-0.39, 0.29) is 59.4 Å². The first-order chi connectivity index (χ1) is 6.20. The molecule has 0 fully saturated rings. The number of hydrogen-bond acceptors (Lipinski definition) is 3. The third-order valence-electron chi connectivity index (χ3n) is 1.77. The minimum Gasteiger partial charge on any atom is -1.00 e. The Balaban J connectivity index is -0.000000240. The second kappa shape index (κ2) is 12.2. The van der Waals surface area contributed by atoms with Crippen LogP contribution < -0.4 is 0 Å². The number of hydrogen-bond donors (Lipinski definition) is 1. The Morgan fingerprint density at radius 3 is 2.36 bits per heavy atom. The van der Waals surface area contributed by atoms with Gasteiger partial charge in [0.15, 0.2) is 0 Å². The summed E-state index contributed by atoms with van der Waals surface area (Å²) in [7, 11) is 0. The number of ether oxygens (including phenoxy) is 2. The molecule has 0 heterocycles. The Morgan fingerprint density at radius 1 is 1.21 bits per heavy atom. The second-order valence-corrected chi connectivity index (χ2v) is 3.36. The van der Waals surface area contributed by atoms with Gasteiger partial charge in [0.05, 0.1) is 25.4 Å². The van der Waals surface area contributed by atoms with Crippen molar-refractivity contribution in [1.82, 2.24) is 0 Å². The van der Waals surface area contributed by atoms with Crippen LogP contribution in [-0.4, -0.2) is 74.9 Å². The average molecular weight is 232 g/mol. The summed E-state index contributed by atoms with van der Waals surface area (Å²) in [5.74, 6) is 0. The van der Waals surface area contributed by atoms with Crippen LogP contribution in [0.25, 0.3) is 0 Å². The molecule has 0 rings (SSSR count). The molecule has 14 heavy (non-hydrogen) atoms. The first-order valence-corrected chi connectivity index (χ1v) is 5.04. The van der Waals surface area contributed by atoms with Gasteiger partial charge in [0.25, 0.3) is 0 Å². The van der Waals surface area contributed by atoms with Gasteiger partial charge in [0.1, 0.15) is 0 Å². The normalized spacial score (nSPS) is 14.6. The fourth-order valence-electron chi connectivity index (χ4n) is 0.829. The summed E-state index contributed by atoms with van der Waals surface area (Å²) < 4.78 is 10.8. The molecule has 0 aromatic carbocycles. The van der Waals surface area contributed by atoms with Gasteiger partial charge in [0, 0.05) is 6.61 Å². The summed E-state index contributed by atoms with van der Waals surface area (Å²) in [6.45, 7) is 7.40. The topological polar surface area (TPSA) is 38.7 Å². The fraction of sp³-hybridized carbons (Fsp3) is 1.00. The number of aliphatic hydroxyl groups is 1. The van der Waals surface area contributed by atoms with Gasteiger partial charge < -0.3 is 17.4 Å². The van der Waals surface area contributed by atoms with Gasteiger partial charge in [-0.05, 0) is 20.3 Å². The van der Waals surface area contributed by atoms with Crippen LogP contribution in [0.15, 0.2) is 0 Å². The maximum Gasteiger partial charge on any atom is 2.00 e. The maximum atomic E-state index is 8.70. The Labute approximate surface area is 120 Å². The van der Waals surface area contributed by atoms with Gasteiger partial charge in [-0.1, -0.05) is 13.3 Å². The van der Waals surface area contributed by atoms with Crippen LogP contribution in [0, 0.1) is 0 Å². The molecular formula is C10H24CaO3. The summed E-state index contributed by atoms with van der Waals surface area (Å²) in [5, 5.41) is 8.70. The Morgan fingerprint density at radius 2 is 1.86 bits per heavy atom. The number of unbranched alkanes of at least 4 members (excludes halogenated alkanes) is 1. The monoisotopic (exact) mass is 232 g/mol. The zero-order valence-corrected chi connectivity index (χ0v) is 11.9. The standard InChI is InChI=1S/C10H22O3.Ca.2H/c1-4-5-6-12-10(3)8-13-9(2)7-11;;;/h9-11H,4-8H2,1-3H3;;;/q;+2;2*-1. The molecule has 0 spiro atoms. The summed E-state index contributed by atoms with van der Waals surface area (Å²) in [6.07, 6.45) is 2.29. The zero-order chi connectivity index (χ0) is 10.1. The van der Waals surface area contributed by atoms with E-state index >= 15 is 0 Å². The third kappa shape index (κ3) is 11.2. The molecule has 0 aliphatic heterocycles. The minimum absolute atomic E-state index is 0. The Bertz CT molecular complexity index is 120. The summed E-state index contributed by atoms with van der Waals surface area (Å²) in [6, 6.07) is 0. The van der Waals surface area contributed by atoms with E-state index in [1.807, 2.05) is 13.8 Å². The molecule has 0 amide bonds. The Kier molecular flexibility index (Phi) is 15.3. The minimum atomic E-state index is -0.0859. The molecule has 0 aliphatic rings. The van der Waals surface area contributed by atoms with Crippen molar-refractivity contribution in [3.8, 4) is 0 Å². The van der Waals surface area contributed by atoms with Crippen LogP contribution in [0.5, 0.6) is 0 Å². The summed E-state index contributed by atoms with van der Waals surface area (Å²) in [4.78, 5) is 0. The average Bonchev–Trinajstić information content (AvgIpc) is 2.14. The van der Waals surface area contributed by atoms with Crippen molar-refractivity contribution in [1.29, 1.82) is 0 Å². The van der Waals surface area contributed by atoms with Crippen LogP contribution in [0.2, 0.25) is 0 Å². The van der Waals surface area contributed by atoms with Crippen molar-refractivity contribution in [2.75, 3.05) is 19.8 Å². The van der Waals surface area contributed by atoms with Gasteiger partial charge in [-0.3, -0.25) is 0 Å². The molecule has 1 N–H and O–H groups in total. The Hall–Kier alpha value is 1.14. The molecule has 0 aliphatic carbocycles. The molecule has 4 heteroatoms. The second-order valence-electron chi connectivity index (χ2n) is 3.36. The van der Waals surface area contributed by atoms with Crippen LogP contribution in [-0.2, 0) is 9.47 Å². The molecule has 2 unspecified atom stereocenters. The van der Waals surface area contributed by atoms with E-state index in [9.17, 15) is 0 Å². The van der Waals surface area contributed by atoms with Gasteiger partial charge in [-0.2, -0.15) is 0 Å². The third-order valence-corrected chi connectivity index (χ3v) is 1.77. The van der Waals surface area contributed by atoms with Gasteiger partial charge >= 0.3 is 37.7 Å². The fourth-order valence-corrected chi connectivity index (χ4v) is 0.829. The molecule has 0 radical (unpaired) electrons.